The van der Waals surface area contributed by atoms with Crippen molar-refractivity contribution >= 4 is 23.0 Å². The van der Waals surface area contributed by atoms with Gasteiger partial charge in [0.15, 0.2) is 5.11 Å². The van der Waals surface area contributed by atoms with E-state index in [9.17, 15) is 0 Å². The van der Waals surface area contributed by atoms with Gasteiger partial charge < -0.3 is 10.6 Å². The summed E-state index contributed by atoms with van der Waals surface area (Å²) in [5, 5.41) is 6.94. The number of pyridine rings is 1. The fourth-order valence-electron chi connectivity index (χ4n) is 1.19. The van der Waals surface area contributed by atoms with Gasteiger partial charge in [-0.15, -0.1) is 0 Å². The molecule has 0 unspecified atom stereocenters. The molecule has 1 rings (SSSR count). The molecular formula is C11H17N3S. The van der Waals surface area contributed by atoms with Gasteiger partial charge in [0.25, 0.3) is 0 Å². The molecule has 0 atom stereocenters. The minimum Gasteiger partial charge on any atom is -0.362 e. The molecule has 15 heavy (non-hydrogen) atoms. The van der Waals surface area contributed by atoms with Crippen LogP contribution in [0.2, 0.25) is 0 Å². The van der Waals surface area contributed by atoms with Gasteiger partial charge in [0, 0.05) is 24.6 Å². The number of hydrogen-bond acceptors (Lipinski definition) is 2. The maximum atomic E-state index is 5.14. The Balaban J connectivity index is 2.19. The van der Waals surface area contributed by atoms with Gasteiger partial charge in [-0.1, -0.05) is 19.8 Å². The van der Waals surface area contributed by atoms with Crippen molar-refractivity contribution in [2.75, 3.05) is 11.9 Å². The molecule has 4 heteroatoms. The van der Waals surface area contributed by atoms with Gasteiger partial charge in [0.1, 0.15) is 0 Å². The highest BCUT2D eigenvalue weighted by atomic mass is 32.1. The first-order valence-electron chi connectivity index (χ1n) is 5.28. The number of aromatic nitrogens is 1. The van der Waals surface area contributed by atoms with Crippen molar-refractivity contribution in [3.63, 3.8) is 0 Å². The molecule has 0 fully saturated rings. The van der Waals surface area contributed by atoms with Crippen LogP contribution in [0.15, 0.2) is 24.5 Å². The Kier molecular flexibility index (Phi) is 5.70. The van der Waals surface area contributed by atoms with Gasteiger partial charge in [-0.2, -0.15) is 0 Å². The van der Waals surface area contributed by atoms with Crippen LogP contribution in [0.25, 0.3) is 0 Å². The first kappa shape index (κ1) is 11.9. The lowest BCUT2D eigenvalue weighted by atomic mass is 10.2. The molecule has 0 aliphatic rings. The Labute approximate surface area is 96.3 Å². The Morgan fingerprint density at radius 2 is 2.07 bits per heavy atom. The summed E-state index contributed by atoms with van der Waals surface area (Å²) in [5.74, 6) is 0. The van der Waals surface area contributed by atoms with E-state index < -0.39 is 0 Å². The van der Waals surface area contributed by atoms with E-state index in [0.29, 0.717) is 5.11 Å². The standard InChI is InChI=1S/C11H17N3S/c1-2-3-4-7-13-11(15)14-10-5-8-12-9-6-10/h5-6,8-9H,2-4,7H2,1H3,(H2,12,13,14,15). The minimum absolute atomic E-state index is 0.678. The van der Waals surface area contributed by atoms with E-state index in [1.54, 1.807) is 12.4 Å². The van der Waals surface area contributed by atoms with Crippen LogP contribution in [0.1, 0.15) is 26.2 Å². The molecule has 0 saturated heterocycles. The lowest BCUT2D eigenvalue weighted by molar-refractivity contribution is 0.698. The second kappa shape index (κ2) is 7.17. The Bertz CT molecular complexity index is 287. The largest absolute Gasteiger partial charge is 0.362 e. The molecule has 0 spiro atoms. The SMILES string of the molecule is CCCCCNC(=S)Nc1ccncc1. The number of nitrogens with zero attached hydrogens (tertiary/aromatic N) is 1. The predicted molar refractivity (Wildman–Crippen MR) is 68.0 cm³/mol. The second-order valence-corrected chi connectivity index (χ2v) is 3.73. The first-order chi connectivity index (χ1) is 7.33. The molecule has 0 bridgehead atoms. The Morgan fingerprint density at radius 3 is 2.73 bits per heavy atom. The molecule has 0 saturated carbocycles. The smallest absolute Gasteiger partial charge is 0.170 e. The maximum Gasteiger partial charge on any atom is 0.170 e. The Morgan fingerprint density at radius 1 is 1.33 bits per heavy atom. The van der Waals surface area contributed by atoms with Gasteiger partial charge in [-0.3, -0.25) is 4.98 Å². The van der Waals surface area contributed by atoms with Crippen LogP contribution in [0, 0.1) is 0 Å². The van der Waals surface area contributed by atoms with E-state index in [-0.39, 0.29) is 0 Å². The van der Waals surface area contributed by atoms with Gasteiger partial charge in [0.05, 0.1) is 0 Å². The number of hydrogen-bond donors (Lipinski definition) is 2. The third-order valence-corrected chi connectivity index (χ3v) is 2.25. The van der Waals surface area contributed by atoms with Crippen molar-refractivity contribution < 1.29 is 0 Å². The molecule has 0 radical (unpaired) electrons. The average Bonchev–Trinajstić information content (AvgIpc) is 2.26. The van der Waals surface area contributed by atoms with E-state index in [0.717, 1.165) is 18.7 Å². The van der Waals surface area contributed by atoms with E-state index in [1.807, 2.05) is 12.1 Å². The van der Waals surface area contributed by atoms with Crippen LogP contribution in [0.4, 0.5) is 5.69 Å². The molecule has 0 aliphatic heterocycles. The molecule has 1 heterocycles. The number of anilines is 1. The van der Waals surface area contributed by atoms with Crippen LogP contribution >= 0.6 is 12.2 Å². The van der Waals surface area contributed by atoms with Crippen molar-refractivity contribution in [1.82, 2.24) is 10.3 Å². The molecule has 0 aromatic carbocycles. The third-order valence-electron chi connectivity index (χ3n) is 2.00. The lowest BCUT2D eigenvalue weighted by Crippen LogP contribution is -2.29. The average molecular weight is 223 g/mol. The molecule has 82 valence electrons. The second-order valence-electron chi connectivity index (χ2n) is 3.32. The minimum atomic E-state index is 0.678. The normalized spacial score (nSPS) is 9.67. The fraction of sp³-hybridized carbons (Fsp3) is 0.455. The number of rotatable bonds is 5. The highest BCUT2D eigenvalue weighted by Gasteiger charge is 1.95. The van der Waals surface area contributed by atoms with Crippen LogP contribution in [0.5, 0.6) is 0 Å². The quantitative estimate of drug-likeness (QED) is 0.594. The van der Waals surface area contributed by atoms with E-state index in [4.69, 9.17) is 12.2 Å². The van der Waals surface area contributed by atoms with Crippen molar-refractivity contribution in [2.45, 2.75) is 26.2 Å². The summed E-state index contributed by atoms with van der Waals surface area (Å²) in [6.07, 6.45) is 7.11. The topological polar surface area (TPSA) is 37.0 Å². The van der Waals surface area contributed by atoms with Crippen LogP contribution in [-0.2, 0) is 0 Å². The number of unbranched alkanes of at least 4 members (excludes halogenated alkanes) is 2. The zero-order valence-corrected chi connectivity index (χ0v) is 9.81. The van der Waals surface area contributed by atoms with Gasteiger partial charge in [-0.25, -0.2) is 0 Å². The highest BCUT2D eigenvalue weighted by Crippen LogP contribution is 2.02. The van der Waals surface area contributed by atoms with Crippen molar-refractivity contribution in [3.8, 4) is 0 Å². The number of nitrogens with one attached hydrogen (secondary N) is 2. The van der Waals surface area contributed by atoms with E-state index in [2.05, 4.69) is 22.5 Å². The van der Waals surface area contributed by atoms with E-state index in [1.165, 1.54) is 12.8 Å². The predicted octanol–water partition coefficient (Wildman–Crippen LogP) is 2.56. The zero-order valence-electron chi connectivity index (χ0n) is 8.99. The summed E-state index contributed by atoms with van der Waals surface area (Å²) in [7, 11) is 0. The van der Waals surface area contributed by atoms with Crippen LogP contribution in [0.3, 0.4) is 0 Å². The van der Waals surface area contributed by atoms with Crippen molar-refractivity contribution in [3.05, 3.63) is 24.5 Å². The maximum absolute atomic E-state index is 5.14. The summed E-state index contributed by atoms with van der Waals surface area (Å²) in [5.41, 5.74) is 0.970. The molecule has 2 N–H and O–H groups in total. The third kappa shape index (κ3) is 5.32. The number of thiocarbonyl (C=S) groups is 1. The molecular weight excluding hydrogens is 206 g/mol. The lowest BCUT2D eigenvalue weighted by Gasteiger charge is -2.09. The van der Waals surface area contributed by atoms with Gasteiger partial charge in [-0.05, 0) is 30.8 Å². The molecule has 1 aromatic heterocycles. The first-order valence-corrected chi connectivity index (χ1v) is 5.68. The molecule has 0 aliphatic carbocycles. The van der Waals surface area contributed by atoms with Gasteiger partial charge >= 0.3 is 0 Å². The molecule has 1 aromatic rings. The fourth-order valence-corrected chi connectivity index (χ4v) is 1.41. The van der Waals surface area contributed by atoms with Crippen molar-refractivity contribution in [1.29, 1.82) is 0 Å². The van der Waals surface area contributed by atoms with Crippen LogP contribution in [-0.4, -0.2) is 16.6 Å². The summed E-state index contributed by atoms with van der Waals surface area (Å²) in [4.78, 5) is 3.94. The highest BCUT2D eigenvalue weighted by molar-refractivity contribution is 7.80. The summed E-state index contributed by atoms with van der Waals surface area (Å²) in [6, 6.07) is 3.78. The molecule has 0 amide bonds. The Hall–Kier alpha value is -1.16. The summed E-state index contributed by atoms with van der Waals surface area (Å²) >= 11 is 5.14. The van der Waals surface area contributed by atoms with Gasteiger partial charge in [0.2, 0.25) is 0 Å². The molecule has 3 nitrogen and oxygen atoms in total. The summed E-state index contributed by atoms with van der Waals surface area (Å²) < 4.78 is 0. The zero-order chi connectivity index (χ0) is 10.9. The monoisotopic (exact) mass is 223 g/mol. The van der Waals surface area contributed by atoms with E-state index >= 15 is 0 Å². The van der Waals surface area contributed by atoms with Crippen LogP contribution < -0.4 is 10.6 Å². The van der Waals surface area contributed by atoms with Crippen molar-refractivity contribution in [2.24, 2.45) is 0 Å². The summed E-state index contributed by atoms with van der Waals surface area (Å²) in [6.45, 7) is 3.12.